The predicted molar refractivity (Wildman–Crippen MR) is 54.5 cm³/mol. The smallest absolute Gasteiger partial charge is 0.227 e. The Balaban J connectivity index is 1.54. The zero-order valence-corrected chi connectivity index (χ0v) is 8.82. The van der Waals surface area contributed by atoms with E-state index < -0.39 is 0 Å². The molecule has 5 heteroatoms. The topological polar surface area (TPSA) is 60.2 Å². The SMILES string of the molecule is c1noc(CCNCC2CCCCO2)n1. The van der Waals surface area contributed by atoms with Crippen molar-refractivity contribution in [3.8, 4) is 0 Å². The molecule has 0 amide bonds. The van der Waals surface area contributed by atoms with Gasteiger partial charge in [-0.15, -0.1) is 0 Å². The largest absolute Gasteiger partial charge is 0.377 e. The molecule has 0 aliphatic carbocycles. The Morgan fingerprint density at radius 2 is 2.47 bits per heavy atom. The number of ether oxygens (including phenoxy) is 1. The highest BCUT2D eigenvalue weighted by Crippen LogP contribution is 2.11. The monoisotopic (exact) mass is 211 g/mol. The first-order valence-electron chi connectivity index (χ1n) is 5.53. The molecule has 1 aliphatic heterocycles. The van der Waals surface area contributed by atoms with Crippen LogP contribution in [0.4, 0.5) is 0 Å². The van der Waals surface area contributed by atoms with E-state index in [0.717, 1.165) is 26.1 Å². The van der Waals surface area contributed by atoms with Crippen molar-refractivity contribution in [3.05, 3.63) is 12.2 Å². The van der Waals surface area contributed by atoms with Crippen molar-refractivity contribution >= 4 is 0 Å². The van der Waals surface area contributed by atoms with Crippen molar-refractivity contribution in [2.24, 2.45) is 0 Å². The molecule has 1 aromatic heterocycles. The molecule has 1 fully saturated rings. The summed E-state index contributed by atoms with van der Waals surface area (Å²) in [6.07, 6.45) is 6.27. The summed E-state index contributed by atoms with van der Waals surface area (Å²) >= 11 is 0. The van der Waals surface area contributed by atoms with Gasteiger partial charge in [0.2, 0.25) is 5.89 Å². The summed E-state index contributed by atoms with van der Waals surface area (Å²) in [5, 5.41) is 6.89. The van der Waals surface area contributed by atoms with E-state index in [1.54, 1.807) is 0 Å². The maximum absolute atomic E-state index is 5.60. The number of nitrogens with zero attached hydrogens (tertiary/aromatic N) is 2. The van der Waals surface area contributed by atoms with Gasteiger partial charge < -0.3 is 14.6 Å². The standard InChI is InChI=1S/C10H17N3O2/c1-2-6-14-9(3-1)7-11-5-4-10-12-8-13-15-10/h8-9,11H,1-7H2. The Morgan fingerprint density at radius 1 is 1.47 bits per heavy atom. The Kier molecular flexibility index (Phi) is 4.11. The van der Waals surface area contributed by atoms with Gasteiger partial charge in [-0.2, -0.15) is 4.98 Å². The molecule has 0 radical (unpaired) electrons. The van der Waals surface area contributed by atoms with Gasteiger partial charge in [-0.25, -0.2) is 0 Å². The molecule has 0 aromatic carbocycles. The second-order valence-corrected chi connectivity index (χ2v) is 3.78. The molecule has 1 N–H and O–H groups in total. The lowest BCUT2D eigenvalue weighted by Gasteiger charge is -2.22. The summed E-state index contributed by atoms with van der Waals surface area (Å²) in [5.41, 5.74) is 0. The van der Waals surface area contributed by atoms with Crippen LogP contribution in [0.2, 0.25) is 0 Å². The highest BCUT2D eigenvalue weighted by atomic mass is 16.5. The first kappa shape index (κ1) is 10.6. The molecule has 0 spiro atoms. The van der Waals surface area contributed by atoms with E-state index in [1.807, 2.05) is 0 Å². The number of rotatable bonds is 5. The minimum Gasteiger partial charge on any atom is -0.377 e. The zero-order chi connectivity index (χ0) is 10.3. The van der Waals surface area contributed by atoms with Crippen LogP contribution in [-0.2, 0) is 11.2 Å². The lowest BCUT2D eigenvalue weighted by molar-refractivity contribution is 0.0170. The van der Waals surface area contributed by atoms with Crippen LogP contribution in [0.1, 0.15) is 25.2 Å². The Labute approximate surface area is 89.2 Å². The van der Waals surface area contributed by atoms with E-state index in [-0.39, 0.29) is 0 Å². The molecule has 2 rings (SSSR count). The van der Waals surface area contributed by atoms with E-state index >= 15 is 0 Å². The van der Waals surface area contributed by atoms with Gasteiger partial charge in [-0.1, -0.05) is 5.16 Å². The third-order valence-corrected chi connectivity index (χ3v) is 2.57. The van der Waals surface area contributed by atoms with Gasteiger partial charge in [-0.05, 0) is 19.3 Å². The fraction of sp³-hybridized carbons (Fsp3) is 0.800. The van der Waals surface area contributed by atoms with Crippen molar-refractivity contribution in [2.45, 2.75) is 31.8 Å². The average molecular weight is 211 g/mol. The maximum atomic E-state index is 5.60. The van der Waals surface area contributed by atoms with Crippen LogP contribution >= 0.6 is 0 Å². The molecule has 1 aromatic rings. The normalized spacial score (nSPS) is 21.7. The molecule has 0 bridgehead atoms. The minimum atomic E-state index is 0.390. The highest BCUT2D eigenvalue weighted by Gasteiger charge is 2.12. The fourth-order valence-corrected chi connectivity index (χ4v) is 1.73. The van der Waals surface area contributed by atoms with Crippen LogP contribution in [0.5, 0.6) is 0 Å². The summed E-state index contributed by atoms with van der Waals surface area (Å²) in [7, 11) is 0. The second kappa shape index (κ2) is 5.82. The van der Waals surface area contributed by atoms with Gasteiger partial charge in [0.25, 0.3) is 0 Å². The molecule has 1 atom stereocenters. The third-order valence-electron chi connectivity index (χ3n) is 2.57. The van der Waals surface area contributed by atoms with Crippen LogP contribution in [0.15, 0.2) is 10.9 Å². The Bertz CT molecular complexity index is 258. The van der Waals surface area contributed by atoms with Crippen LogP contribution < -0.4 is 5.32 Å². The van der Waals surface area contributed by atoms with Gasteiger partial charge in [0.05, 0.1) is 6.10 Å². The second-order valence-electron chi connectivity index (χ2n) is 3.78. The molecule has 2 heterocycles. The van der Waals surface area contributed by atoms with E-state index in [4.69, 9.17) is 9.26 Å². The number of hydrogen-bond donors (Lipinski definition) is 1. The van der Waals surface area contributed by atoms with Gasteiger partial charge in [0.1, 0.15) is 0 Å². The van der Waals surface area contributed by atoms with Crippen molar-refractivity contribution in [2.75, 3.05) is 19.7 Å². The average Bonchev–Trinajstić information content (AvgIpc) is 2.79. The summed E-state index contributed by atoms with van der Waals surface area (Å²) in [6, 6.07) is 0. The first-order valence-corrected chi connectivity index (χ1v) is 5.53. The highest BCUT2D eigenvalue weighted by molar-refractivity contribution is 4.75. The summed E-state index contributed by atoms with van der Waals surface area (Å²) in [5.74, 6) is 0.687. The first-order chi connectivity index (χ1) is 7.45. The molecule has 0 saturated carbocycles. The van der Waals surface area contributed by atoms with E-state index in [0.29, 0.717) is 12.0 Å². The molecule has 1 saturated heterocycles. The van der Waals surface area contributed by atoms with Gasteiger partial charge in [0.15, 0.2) is 6.33 Å². The summed E-state index contributed by atoms with van der Waals surface area (Å²) < 4.78 is 10.5. The minimum absolute atomic E-state index is 0.390. The quantitative estimate of drug-likeness (QED) is 0.729. The van der Waals surface area contributed by atoms with Crippen molar-refractivity contribution in [3.63, 3.8) is 0 Å². The van der Waals surface area contributed by atoms with Crippen LogP contribution in [0.3, 0.4) is 0 Å². The van der Waals surface area contributed by atoms with E-state index in [1.165, 1.54) is 25.6 Å². The van der Waals surface area contributed by atoms with E-state index in [2.05, 4.69) is 15.5 Å². The van der Waals surface area contributed by atoms with Crippen molar-refractivity contribution < 1.29 is 9.26 Å². The van der Waals surface area contributed by atoms with Gasteiger partial charge in [0, 0.05) is 26.1 Å². The van der Waals surface area contributed by atoms with Crippen LogP contribution in [0, 0.1) is 0 Å². The zero-order valence-electron chi connectivity index (χ0n) is 8.82. The van der Waals surface area contributed by atoms with Gasteiger partial charge >= 0.3 is 0 Å². The van der Waals surface area contributed by atoms with Crippen molar-refractivity contribution in [1.82, 2.24) is 15.5 Å². The van der Waals surface area contributed by atoms with Gasteiger partial charge in [-0.3, -0.25) is 0 Å². The lowest BCUT2D eigenvalue weighted by Crippen LogP contribution is -2.32. The summed E-state index contributed by atoms with van der Waals surface area (Å²) in [6.45, 7) is 2.70. The predicted octanol–water partition coefficient (Wildman–Crippen LogP) is 0.771. The van der Waals surface area contributed by atoms with E-state index in [9.17, 15) is 0 Å². The molecule has 84 valence electrons. The maximum Gasteiger partial charge on any atom is 0.227 e. The molecule has 1 unspecified atom stereocenters. The third kappa shape index (κ3) is 3.60. The van der Waals surface area contributed by atoms with Crippen LogP contribution in [-0.4, -0.2) is 35.9 Å². The van der Waals surface area contributed by atoms with Crippen LogP contribution in [0.25, 0.3) is 0 Å². The Morgan fingerprint density at radius 3 is 3.20 bits per heavy atom. The molecule has 1 aliphatic rings. The van der Waals surface area contributed by atoms with Crippen molar-refractivity contribution in [1.29, 1.82) is 0 Å². The Hall–Kier alpha value is -0.940. The molecular weight excluding hydrogens is 194 g/mol. The number of nitrogens with one attached hydrogen (secondary N) is 1. The fourth-order valence-electron chi connectivity index (χ4n) is 1.73. The molecule has 5 nitrogen and oxygen atoms in total. The number of aromatic nitrogens is 2. The molecule has 15 heavy (non-hydrogen) atoms. The number of hydrogen-bond acceptors (Lipinski definition) is 5. The lowest BCUT2D eigenvalue weighted by atomic mass is 10.1. The molecular formula is C10H17N3O2. The summed E-state index contributed by atoms with van der Waals surface area (Å²) in [4.78, 5) is 3.95.